The number of hydrogen-bond donors (Lipinski definition) is 1. The maximum Gasteiger partial charge on any atom is 0.305 e. The van der Waals surface area contributed by atoms with Gasteiger partial charge in [-0.1, -0.05) is 6.07 Å². The van der Waals surface area contributed by atoms with Gasteiger partial charge < -0.3 is 5.11 Å². The maximum absolute atomic E-state index is 10.7. The number of aliphatic carboxylic acids is 1. The highest BCUT2D eigenvalue weighted by atomic mass is 16.4. The van der Waals surface area contributed by atoms with E-state index >= 15 is 0 Å². The summed E-state index contributed by atoms with van der Waals surface area (Å²) in [6, 6.07) is 5.51. The lowest BCUT2D eigenvalue weighted by Crippen LogP contribution is -2.08. The van der Waals surface area contributed by atoms with Crippen molar-refractivity contribution >= 4 is 17.0 Å². The molecule has 8 heteroatoms. The number of carboxylic acids is 1. The van der Waals surface area contributed by atoms with Crippen LogP contribution in [0.25, 0.3) is 22.4 Å². The second-order valence-electron chi connectivity index (χ2n) is 4.10. The van der Waals surface area contributed by atoms with Crippen LogP contribution in [0, 0.1) is 0 Å². The number of aryl methyl sites for hydroxylation is 1. The molecule has 100 valence electrons. The zero-order valence-corrected chi connectivity index (χ0v) is 10.3. The first kappa shape index (κ1) is 12.2. The molecule has 0 bridgehead atoms. The van der Waals surface area contributed by atoms with Gasteiger partial charge in [-0.3, -0.25) is 14.8 Å². The highest BCUT2D eigenvalue weighted by Crippen LogP contribution is 2.23. The molecule has 0 aliphatic carbocycles. The van der Waals surface area contributed by atoms with Crippen molar-refractivity contribution in [2.24, 2.45) is 0 Å². The zero-order valence-electron chi connectivity index (χ0n) is 10.3. The number of benzene rings is 1. The van der Waals surface area contributed by atoms with E-state index in [0.29, 0.717) is 11.3 Å². The molecule has 0 spiro atoms. The topological polar surface area (TPSA) is 107 Å². The Kier molecular flexibility index (Phi) is 3.04. The fourth-order valence-electron chi connectivity index (χ4n) is 1.92. The van der Waals surface area contributed by atoms with Crippen LogP contribution in [-0.4, -0.2) is 41.3 Å². The number of tetrazole rings is 1. The minimum Gasteiger partial charge on any atom is -0.481 e. The molecule has 0 aliphatic rings. The molecule has 0 fully saturated rings. The van der Waals surface area contributed by atoms with Crippen molar-refractivity contribution in [3.05, 3.63) is 30.6 Å². The molecule has 20 heavy (non-hydrogen) atoms. The van der Waals surface area contributed by atoms with E-state index in [0.717, 1.165) is 11.1 Å². The van der Waals surface area contributed by atoms with Crippen LogP contribution in [0.5, 0.6) is 0 Å². The first-order valence-electron chi connectivity index (χ1n) is 5.94. The summed E-state index contributed by atoms with van der Waals surface area (Å²) in [5.74, 6) is -0.415. The third-order valence-electron chi connectivity index (χ3n) is 2.81. The second kappa shape index (κ2) is 5.00. The molecule has 0 saturated heterocycles. The van der Waals surface area contributed by atoms with Crippen LogP contribution in [0.4, 0.5) is 0 Å². The van der Waals surface area contributed by atoms with Crippen LogP contribution in [-0.2, 0) is 11.3 Å². The summed E-state index contributed by atoms with van der Waals surface area (Å²) < 4.78 is 1.46. The van der Waals surface area contributed by atoms with Crippen molar-refractivity contribution in [1.82, 2.24) is 30.2 Å². The van der Waals surface area contributed by atoms with Crippen LogP contribution >= 0.6 is 0 Å². The summed E-state index contributed by atoms with van der Waals surface area (Å²) >= 11 is 0. The smallest absolute Gasteiger partial charge is 0.305 e. The lowest BCUT2D eigenvalue weighted by Gasteiger charge is -2.05. The third kappa shape index (κ3) is 2.18. The van der Waals surface area contributed by atoms with Crippen LogP contribution in [0.2, 0.25) is 0 Å². The maximum atomic E-state index is 10.7. The zero-order chi connectivity index (χ0) is 13.9. The number of para-hydroxylation sites is 1. The number of carboxylic acid groups (broad SMARTS) is 1. The number of aromatic nitrogens is 6. The van der Waals surface area contributed by atoms with E-state index in [9.17, 15) is 4.79 Å². The van der Waals surface area contributed by atoms with Gasteiger partial charge in [-0.15, -0.1) is 5.10 Å². The number of nitrogens with zero attached hydrogens (tertiary/aromatic N) is 6. The first-order valence-corrected chi connectivity index (χ1v) is 5.94. The van der Waals surface area contributed by atoms with Crippen molar-refractivity contribution in [3.63, 3.8) is 0 Å². The van der Waals surface area contributed by atoms with Crippen molar-refractivity contribution in [1.29, 1.82) is 0 Å². The summed E-state index contributed by atoms with van der Waals surface area (Å²) in [7, 11) is 0. The minimum absolute atomic E-state index is 0.0471. The van der Waals surface area contributed by atoms with Gasteiger partial charge in [-0.25, -0.2) is 4.68 Å². The quantitative estimate of drug-likeness (QED) is 0.745. The van der Waals surface area contributed by atoms with Gasteiger partial charge in [0.05, 0.1) is 24.0 Å². The van der Waals surface area contributed by atoms with E-state index in [1.165, 1.54) is 4.68 Å². The Morgan fingerprint density at radius 2 is 2.10 bits per heavy atom. The molecule has 0 unspecified atom stereocenters. The largest absolute Gasteiger partial charge is 0.481 e. The molecule has 3 rings (SSSR count). The molecule has 0 radical (unpaired) electrons. The molecule has 2 heterocycles. The SMILES string of the molecule is O=C(O)CCn1nnnc1-c1cccc2nccnc12. The van der Waals surface area contributed by atoms with Crippen molar-refractivity contribution in [2.75, 3.05) is 0 Å². The van der Waals surface area contributed by atoms with Crippen LogP contribution in [0.1, 0.15) is 6.42 Å². The lowest BCUT2D eigenvalue weighted by atomic mass is 10.1. The fraction of sp³-hybridized carbons (Fsp3) is 0.167. The Morgan fingerprint density at radius 1 is 1.25 bits per heavy atom. The monoisotopic (exact) mass is 270 g/mol. The number of rotatable bonds is 4. The lowest BCUT2D eigenvalue weighted by molar-refractivity contribution is -0.137. The summed E-state index contributed by atoms with van der Waals surface area (Å²) in [5.41, 5.74) is 2.14. The van der Waals surface area contributed by atoms with E-state index in [4.69, 9.17) is 5.11 Å². The van der Waals surface area contributed by atoms with E-state index in [2.05, 4.69) is 25.5 Å². The summed E-state index contributed by atoms with van der Waals surface area (Å²) in [6.45, 7) is 0.203. The molecular weight excluding hydrogens is 260 g/mol. The van der Waals surface area contributed by atoms with Gasteiger partial charge in [0.2, 0.25) is 0 Å². The van der Waals surface area contributed by atoms with E-state index in [1.54, 1.807) is 12.4 Å². The Hall–Kier alpha value is -2.90. The normalized spacial score (nSPS) is 10.8. The number of carbonyl (C=O) groups is 1. The molecule has 3 aromatic rings. The van der Waals surface area contributed by atoms with Gasteiger partial charge >= 0.3 is 5.97 Å². The third-order valence-corrected chi connectivity index (χ3v) is 2.81. The highest BCUT2D eigenvalue weighted by molar-refractivity contribution is 5.89. The van der Waals surface area contributed by atoms with Gasteiger partial charge in [0.15, 0.2) is 5.82 Å². The van der Waals surface area contributed by atoms with Gasteiger partial charge in [-0.2, -0.15) is 0 Å². The Bertz CT molecular complexity index is 764. The highest BCUT2D eigenvalue weighted by Gasteiger charge is 2.13. The minimum atomic E-state index is -0.899. The van der Waals surface area contributed by atoms with Crippen LogP contribution < -0.4 is 0 Å². The van der Waals surface area contributed by atoms with Crippen molar-refractivity contribution < 1.29 is 9.90 Å². The standard InChI is InChI=1S/C12H10N6O2/c19-10(20)4-7-18-12(15-16-17-18)8-2-1-3-9-11(8)14-6-5-13-9/h1-3,5-6H,4,7H2,(H,19,20). The second-order valence-corrected chi connectivity index (χ2v) is 4.10. The molecular formula is C12H10N6O2. The van der Waals surface area contributed by atoms with E-state index in [-0.39, 0.29) is 13.0 Å². The van der Waals surface area contributed by atoms with Crippen molar-refractivity contribution in [2.45, 2.75) is 13.0 Å². The number of hydrogen-bond acceptors (Lipinski definition) is 6. The molecule has 0 aliphatic heterocycles. The van der Waals surface area contributed by atoms with Crippen molar-refractivity contribution in [3.8, 4) is 11.4 Å². The molecule has 0 amide bonds. The molecule has 1 aromatic carbocycles. The van der Waals surface area contributed by atoms with Gasteiger partial charge in [-0.05, 0) is 22.6 Å². The Balaban J connectivity index is 2.08. The molecule has 2 aromatic heterocycles. The molecule has 8 nitrogen and oxygen atoms in total. The first-order chi connectivity index (χ1) is 9.75. The van der Waals surface area contributed by atoms with Gasteiger partial charge in [0.1, 0.15) is 0 Å². The molecule has 0 saturated carbocycles. The Morgan fingerprint density at radius 3 is 2.95 bits per heavy atom. The summed E-state index contributed by atoms with van der Waals surface area (Å²) in [6.07, 6.45) is 3.16. The summed E-state index contributed by atoms with van der Waals surface area (Å²) in [4.78, 5) is 19.2. The Labute approximate surface area is 113 Å². The van der Waals surface area contributed by atoms with Gasteiger partial charge in [0.25, 0.3) is 0 Å². The summed E-state index contributed by atoms with van der Waals surface area (Å²) in [5, 5.41) is 20.1. The number of fused-ring (bicyclic) bond motifs is 1. The molecule has 1 N–H and O–H groups in total. The predicted molar refractivity (Wildman–Crippen MR) is 68.6 cm³/mol. The van der Waals surface area contributed by atoms with Gasteiger partial charge in [0, 0.05) is 18.0 Å². The fourth-order valence-corrected chi connectivity index (χ4v) is 1.92. The van der Waals surface area contributed by atoms with E-state index < -0.39 is 5.97 Å². The van der Waals surface area contributed by atoms with E-state index in [1.807, 2.05) is 18.2 Å². The average Bonchev–Trinajstić information content (AvgIpc) is 2.92. The molecule has 0 atom stereocenters. The van der Waals surface area contributed by atoms with Crippen LogP contribution in [0.3, 0.4) is 0 Å². The predicted octanol–water partition coefficient (Wildman–Crippen LogP) is 0.758. The van der Waals surface area contributed by atoms with Crippen LogP contribution in [0.15, 0.2) is 30.6 Å². The average molecular weight is 270 g/mol.